The molecule has 3 heterocycles. The molecule has 0 aliphatic rings. The molecule has 0 spiro atoms. The van der Waals surface area contributed by atoms with Gasteiger partial charge in [0.2, 0.25) is 0 Å². The van der Waals surface area contributed by atoms with Crippen molar-refractivity contribution in [2.75, 3.05) is 13.7 Å². The van der Waals surface area contributed by atoms with E-state index in [0.717, 1.165) is 44.0 Å². The zero-order valence-electron chi connectivity index (χ0n) is 20.5. The van der Waals surface area contributed by atoms with Crippen LogP contribution in [0, 0.1) is 0 Å². The standard InChI is InChI=1S/C30H25N3O4/c1-18(29(34)32-15-13-19-7-9-20(36-2)10-8-19)37-21-11-12-26-25(17-21)23-14-16-31-27-22-5-3-4-6-24(22)30(35)33(26)28(23)27/h3-12,14,16-18H,13,15H2,1-2H3,(H,32,34)/t18-/m0/s1. The third kappa shape index (κ3) is 3.89. The maximum atomic E-state index is 13.4. The second kappa shape index (κ2) is 9.09. The highest BCUT2D eigenvalue weighted by Gasteiger charge is 2.19. The first kappa shape index (κ1) is 22.8. The number of nitrogens with zero attached hydrogens (tertiary/aromatic N) is 2. The lowest BCUT2D eigenvalue weighted by Crippen LogP contribution is -2.37. The van der Waals surface area contributed by atoms with E-state index in [4.69, 9.17) is 9.47 Å². The highest BCUT2D eigenvalue weighted by atomic mass is 16.5. The molecule has 0 aliphatic carbocycles. The molecule has 0 saturated carbocycles. The Hall–Kier alpha value is -4.65. The van der Waals surface area contributed by atoms with Gasteiger partial charge < -0.3 is 14.8 Å². The number of methoxy groups -OCH3 is 1. The number of fused-ring (bicyclic) bond motifs is 5. The van der Waals surface area contributed by atoms with Crippen LogP contribution in [0.3, 0.4) is 0 Å². The Labute approximate surface area is 212 Å². The minimum Gasteiger partial charge on any atom is -0.497 e. The van der Waals surface area contributed by atoms with Crippen LogP contribution in [0.1, 0.15) is 12.5 Å². The van der Waals surface area contributed by atoms with E-state index in [1.165, 1.54) is 0 Å². The van der Waals surface area contributed by atoms with Crippen LogP contribution in [-0.2, 0) is 11.2 Å². The van der Waals surface area contributed by atoms with E-state index in [0.29, 0.717) is 24.1 Å². The molecule has 1 N–H and O–H groups in total. The van der Waals surface area contributed by atoms with Crippen molar-refractivity contribution in [2.24, 2.45) is 0 Å². The average Bonchev–Trinajstić information content (AvgIpc) is 3.26. The molecule has 7 heteroatoms. The van der Waals surface area contributed by atoms with Crippen LogP contribution in [0.4, 0.5) is 0 Å². The molecule has 6 aromatic rings. The quantitative estimate of drug-likeness (QED) is 0.327. The van der Waals surface area contributed by atoms with Crippen LogP contribution in [0.5, 0.6) is 11.5 Å². The molecular formula is C30H25N3O4. The molecular weight excluding hydrogens is 466 g/mol. The molecule has 0 saturated heterocycles. The van der Waals surface area contributed by atoms with Crippen molar-refractivity contribution in [3.8, 4) is 11.5 Å². The largest absolute Gasteiger partial charge is 0.497 e. The maximum Gasteiger partial charge on any atom is 0.263 e. The zero-order chi connectivity index (χ0) is 25.5. The monoisotopic (exact) mass is 491 g/mol. The average molecular weight is 492 g/mol. The van der Waals surface area contributed by atoms with E-state index < -0.39 is 6.10 Å². The number of ether oxygens (including phenoxy) is 2. The zero-order valence-corrected chi connectivity index (χ0v) is 20.5. The molecule has 37 heavy (non-hydrogen) atoms. The van der Waals surface area contributed by atoms with Crippen molar-refractivity contribution >= 4 is 44.0 Å². The normalized spacial score (nSPS) is 12.4. The lowest BCUT2D eigenvalue weighted by atomic mass is 10.1. The van der Waals surface area contributed by atoms with Crippen LogP contribution in [0.2, 0.25) is 0 Å². The van der Waals surface area contributed by atoms with E-state index in [1.807, 2.05) is 66.7 Å². The molecule has 0 aliphatic heterocycles. The second-order valence-corrected chi connectivity index (χ2v) is 9.07. The lowest BCUT2D eigenvalue weighted by molar-refractivity contribution is -0.127. The van der Waals surface area contributed by atoms with Gasteiger partial charge in [0.1, 0.15) is 11.5 Å². The van der Waals surface area contributed by atoms with E-state index in [9.17, 15) is 9.59 Å². The van der Waals surface area contributed by atoms with Crippen molar-refractivity contribution in [3.63, 3.8) is 0 Å². The van der Waals surface area contributed by atoms with Crippen molar-refractivity contribution in [2.45, 2.75) is 19.4 Å². The summed E-state index contributed by atoms with van der Waals surface area (Å²) < 4.78 is 12.9. The van der Waals surface area contributed by atoms with Gasteiger partial charge in [-0.15, -0.1) is 0 Å². The van der Waals surface area contributed by atoms with Crippen LogP contribution < -0.4 is 20.3 Å². The molecule has 0 radical (unpaired) electrons. The van der Waals surface area contributed by atoms with E-state index in [-0.39, 0.29) is 11.5 Å². The first-order valence-electron chi connectivity index (χ1n) is 12.2. The summed E-state index contributed by atoms with van der Waals surface area (Å²) in [5.41, 5.74) is 3.40. The fraction of sp³-hybridized carbons (Fsp3) is 0.167. The number of hydrogen-bond donors (Lipinski definition) is 1. The van der Waals surface area contributed by atoms with Crippen LogP contribution in [0.25, 0.3) is 38.1 Å². The number of pyridine rings is 2. The molecule has 0 fully saturated rings. The number of rotatable bonds is 7. The van der Waals surface area contributed by atoms with Gasteiger partial charge in [0.15, 0.2) is 6.10 Å². The summed E-state index contributed by atoms with van der Waals surface area (Å²) >= 11 is 0. The molecule has 3 aromatic heterocycles. The Morgan fingerprint density at radius 1 is 0.946 bits per heavy atom. The highest BCUT2D eigenvalue weighted by molar-refractivity contribution is 6.18. The Kier molecular flexibility index (Phi) is 5.60. The number of aromatic nitrogens is 2. The van der Waals surface area contributed by atoms with Crippen LogP contribution in [-0.4, -0.2) is 35.1 Å². The summed E-state index contributed by atoms with van der Waals surface area (Å²) in [5.74, 6) is 1.18. The van der Waals surface area contributed by atoms with Crippen molar-refractivity contribution < 1.29 is 14.3 Å². The number of carbonyl (C=O) groups is 1. The first-order chi connectivity index (χ1) is 18.0. The van der Waals surface area contributed by atoms with Crippen molar-refractivity contribution in [1.29, 1.82) is 0 Å². The van der Waals surface area contributed by atoms with Gasteiger partial charge in [0.25, 0.3) is 11.5 Å². The molecule has 0 unspecified atom stereocenters. The second-order valence-electron chi connectivity index (χ2n) is 9.07. The van der Waals surface area contributed by atoms with E-state index in [1.54, 1.807) is 30.7 Å². The summed E-state index contributed by atoms with van der Waals surface area (Å²) in [7, 11) is 1.63. The Morgan fingerprint density at radius 2 is 1.70 bits per heavy atom. The summed E-state index contributed by atoms with van der Waals surface area (Å²) in [6, 6.07) is 22.8. The molecule has 184 valence electrons. The predicted molar refractivity (Wildman–Crippen MR) is 145 cm³/mol. The number of hydrogen-bond acceptors (Lipinski definition) is 5. The van der Waals surface area contributed by atoms with Gasteiger partial charge in [0.05, 0.1) is 23.7 Å². The molecule has 1 amide bonds. The Bertz CT molecular complexity index is 1830. The lowest BCUT2D eigenvalue weighted by Gasteiger charge is -2.15. The Balaban J connectivity index is 1.25. The topological polar surface area (TPSA) is 81.9 Å². The smallest absolute Gasteiger partial charge is 0.263 e. The minimum absolute atomic E-state index is 0.0747. The van der Waals surface area contributed by atoms with Gasteiger partial charge in [-0.3, -0.25) is 19.0 Å². The van der Waals surface area contributed by atoms with Gasteiger partial charge in [-0.1, -0.05) is 30.3 Å². The van der Waals surface area contributed by atoms with Crippen molar-refractivity contribution in [3.05, 3.63) is 94.9 Å². The van der Waals surface area contributed by atoms with E-state index in [2.05, 4.69) is 10.3 Å². The maximum absolute atomic E-state index is 13.4. The van der Waals surface area contributed by atoms with Gasteiger partial charge in [-0.2, -0.15) is 0 Å². The summed E-state index contributed by atoms with van der Waals surface area (Å²) in [6.07, 6.45) is 1.79. The summed E-state index contributed by atoms with van der Waals surface area (Å²) in [5, 5.41) is 6.21. The third-order valence-electron chi connectivity index (χ3n) is 6.82. The molecule has 6 rings (SSSR count). The molecule has 3 aromatic carbocycles. The summed E-state index contributed by atoms with van der Waals surface area (Å²) in [6.45, 7) is 2.23. The van der Waals surface area contributed by atoms with Gasteiger partial charge in [0, 0.05) is 34.3 Å². The Morgan fingerprint density at radius 3 is 2.49 bits per heavy atom. The fourth-order valence-electron chi connectivity index (χ4n) is 4.95. The SMILES string of the molecule is COc1ccc(CCNC(=O)[C@H](C)Oc2ccc3c(c2)c2ccnc4c5ccccc5c(=O)n3c24)cc1. The van der Waals surface area contributed by atoms with Crippen LogP contribution in [0.15, 0.2) is 83.8 Å². The molecule has 7 nitrogen and oxygen atoms in total. The van der Waals surface area contributed by atoms with E-state index >= 15 is 0 Å². The highest BCUT2D eigenvalue weighted by Crippen LogP contribution is 2.34. The number of carbonyl (C=O) groups excluding carboxylic acids is 1. The minimum atomic E-state index is -0.680. The first-order valence-corrected chi connectivity index (χ1v) is 12.2. The molecule has 0 bridgehead atoms. The molecule has 1 atom stereocenters. The van der Waals surface area contributed by atoms with Crippen LogP contribution >= 0.6 is 0 Å². The number of amides is 1. The van der Waals surface area contributed by atoms with Gasteiger partial charge in [-0.25, -0.2) is 0 Å². The van der Waals surface area contributed by atoms with Crippen molar-refractivity contribution in [1.82, 2.24) is 14.7 Å². The predicted octanol–water partition coefficient (Wildman–Crippen LogP) is 4.73. The van der Waals surface area contributed by atoms with Gasteiger partial charge in [-0.05, 0) is 61.4 Å². The number of nitrogens with one attached hydrogen (secondary N) is 1. The third-order valence-corrected chi connectivity index (χ3v) is 6.82. The fourth-order valence-corrected chi connectivity index (χ4v) is 4.95. The van der Waals surface area contributed by atoms with Gasteiger partial charge >= 0.3 is 0 Å². The number of benzene rings is 3. The summed E-state index contributed by atoms with van der Waals surface area (Å²) in [4.78, 5) is 30.7.